The number of hydrogen-bond donors (Lipinski definition) is 3. The van der Waals surface area contributed by atoms with Crippen molar-refractivity contribution < 1.29 is 14.3 Å². The van der Waals surface area contributed by atoms with Gasteiger partial charge in [0.25, 0.3) is 0 Å². The third kappa shape index (κ3) is 11.6. The van der Waals surface area contributed by atoms with Crippen molar-refractivity contribution in [3.05, 3.63) is 66.2 Å². The van der Waals surface area contributed by atoms with Crippen molar-refractivity contribution in [3.8, 4) is 11.4 Å². The molecule has 0 atom stereocenters. The number of ether oxygens (including phenoxy) is 2. The van der Waals surface area contributed by atoms with E-state index < -0.39 is 0 Å². The minimum atomic E-state index is -0.260. The van der Waals surface area contributed by atoms with Crippen molar-refractivity contribution in [2.75, 3.05) is 32.3 Å². The lowest BCUT2D eigenvalue weighted by Gasteiger charge is -2.37. The van der Waals surface area contributed by atoms with Gasteiger partial charge in [0.2, 0.25) is 11.0 Å². The van der Waals surface area contributed by atoms with Crippen LogP contribution in [0.4, 0.5) is 0 Å². The van der Waals surface area contributed by atoms with Gasteiger partial charge in [0.1, 0.15) is 6.61 Å². The molecule has 1 aliphatic heterocycles. The summed E-state index contributed by atoms with van der Waals surface area (Å²) in [6, 6.07) is 18.7. The normalized spacial score (nSPS) is 13.2. The Hall–Kier alpha value is -2.53. The first-order valence-corrected chi connectivity index (χ1v) is 13.1. The van der Waals surface area contributed by atoms with Crippen LogP contribution in [0, 0.1) is 5.41 Å². The van der Waals surface area contributed by atoms with Crippen molar-refractivity contribution in [1.82, 2.24) is 25.8 Å². The zero-order valence-electron chi connectivity index (χ0n) is 20.7. The molecule has 2 heterocycles. The highest BCUT2D eigenvalue weighted by Gasteiger charge is 2.34. The Bertz CT molecular complexity index is 1070. The first kappa shape index (κ1) is 32.5. The van der Waals surface area contributed by atoms with Crippen LogP contribution in [0.1, 0.15) is 17.3 Å². The number of carbonyl (C=O) groups is 1. The number of halogens is 1. The van der Waals surface area contributed by atoms with Gasteiger partial charge < -0.3 is 20.7 Å². The van der Waals surface area contributed by atoms with Gasteiger partial charge in [0.05, 0.1) is 18.8 Å². The average molecular weight is 659 g/mol. The van der Waals surface area contributed by atoms with Crippen LogP contribution in [0.15, 0.2) is 70.9 Å². The SMILES string of the molecule is CC1(COC(=O)c2ccccc2)COC1.CS/C(=N\N)NN.CSc1nnc(-c2ccccc2)nn1.I. The minimum Gasteiger partial charge on any atom is -0.461 e. The van der Waals surface area contributed by atoms with E-state index in [0.717, 1.165) is 5.56 Å². The number of nitrogens with one attached hydrogen (secondary N) is 1. The summed E-state index contributed by atoms with van der Waals surface area (Å²) in [5.74, 6) is 10.0. The van der Waals surface area contributed by atoms with E-state index in [1.54, 1.807) is 12.1 Å². The number of amidine groups is 1. The van der Waals surface area contributed by atoms with Gasteiger partial charge in [-0.15, -0.1) is 44.4 Å². The van der Waals surface area contributed by atoms with E-state index in [0.29, 0.717) is 41.5 Å². The Morgan fingerprint density at radius 3 is 2.03 bits per heavy atom. The lowest BCUT2D eigenvalue weighted by Crippen LogP contribution is -2.44. The van der Waals surface area contributed by atoms with Crippen LogP contribution in [0.25, 0.3) is 11.4 Å². The van der Waals surface area contributed by atoms with Gasteiger partial charge in [-0.25, -0.2) is 10.6 Å². The molecule has 37 heavy (non-hydrogen) atoms. The molecular formula is C23H31IN8O3S2. The second-order valence-corrected chi connectivity index (χ2v) is 9.17. The summed E-state index contributed by atoms with van der Waals surface area (Å²) < 4.78 is 10.3. The largest absolute Gasteiger partial charge is 0.461 e. The molecule has 0 amide bonds. The van der Waals surface area contributed by atoms with Gasteiger partial charge in [0, 0.05) is 11.0 Å². The highest BCUT2D eigenvalue weighted by molar-refractivity contribution is 14.0. The summed E-state index contributed by atoms with van der Waals surface area (Å²) in [5, 5.41) is 20.2. The quantitative estimate of drug-likeness (QED) is 0.0699. The highest BCUT2D eigenvalue weighted by Crippen LogP contribution is 2.26. The maximum atomic E-state index is 11.6. The minimum absolute atomic E-state index is 0. The average Bonchev–Trinajstić information content (AvgIpc) is 2.93. The fraction of sp³-hybridized carbons (Fsp3) is 0.304. The molecule has 0 spiro atoms. The zero-order valence-corrected chi connectivity index (χ0v) is 24.7. The van der Waals surface area contributed by atoms with Crippen LogP contribution in [0.2, 0.25) is 0 Å². The molecule has 1 fully saturated rings. The third-order valence-corrected chi connectivity index (χ3v) is 5.71. The molecule has 0 aliphatic carbocycles. The van der Waals surface area contributed by atoms with Crippen molar-refractivity contribution in [2.45, 2.75) is 12.1 Å². The molecule has 11 nitrogen and oxygen atoms in total. The Kier molecular flexibility index (Phi) is 15.7. The molecule has 0 bridgehead atoms. The van der Waals surface area contributed by atoms with E-state index in [1.165, 1.54) is 23.5 Å². The van der Waals surface area contributed by atoms with E-state index in [2.05, 4.69) is 37.8 Å². The van der Waals surface area contributed by atoms with Gasteiger partial charge in [-0.3, -0.25) is 0 Å². The summed E-state index contributed by atoms with van der Waals surface area (Å²) in [4.78, 5) is 11.6. The van der Waals surface area contributed by atoms with Gasteiger partial charge in [-0.05, 0) is 24.6 Å². The van der Waals surface area contributed by atoms with Gasteiger partial charge in [-0.2, -0.15) is 5.10 Å². The number of benzene rings is 2. The lowest BCUT2D eigenvalue weighted by molar-refractivity contribution is -0.127. The molecule has 0 unspecified atom stereocenters. The summed E-state index contributed by atoms with van der Waals surface area (Å²) >= 11 is 2.78. The summed E-state index contributed by atoms with van der Waals surface area (Å²) in [6.45, 7) is 3.83. The summed E-state index contributed by atoms with van der Waals surface area (Å²) in [7, 11) is 0. The molecule has 5 N–H and O–H groups in total. The molecule has 4 rings (SSSR count). The van der Waals surface area contributed by atoms with Crippen molar-refractivity contribution >= 4 is 58.6 Å². The lowest BCUT2D eigenvalue weighted by atomic mass is 9.90. The van der Waals surface area contributed by atoms with Crippen LogP contribution < -0.4 is 17.1 Å². The van der Waals surface area contributed by atoms with Crippen molar-refractivity contribution in [3.63, 3.8) is 0 Å². The number of hydrazine groups is 1. The fourth-order valence-corrected chi connectivity index (χ4v) is 3.05. The third-order valence-electron chi connectivity index (χ3n) is 4.57. The van der Waals surface area contributed by atoms with Gasteiger partial charge in [0.15, 0.2) is 5.17 Å². The first-order valence-electron chi connectivity index (χ1n) is 10.7. The van der Waals surface area contributed by atoms with Crippen LogP contribution in [-0.4, -0.2) is 63.9 Å². The van der Waals surface area contributed by atoms with Crippen LogP contribution >= 0.6 is 47.5 Å². The predicted octanol–water partition coefficient (Wildman–Crippen LogP) is 3.20. The number of rotatable bonds is 5. The summed E-state index contributed by atoms with van der Waals surface area (Å²) in [6.07, 6.45) is 3.71. The molecule has 1 saturated heterocycles. The molecular weight excluding hydrogens is 627 g/mol. The van der Waals surface area contributed by atoms with Gasteiger partial charge in [-0.1, -0.05) is 79.0 Å². The van der Waals surface area contributed by atoms with Crippen molar-refractivity contribution in [1.29, 1.82) is 0 Å². The Labute approximate surface area is 241 Å². The van der Waals surface area contributed by atoms with E-state index in [4.69, 9.17) is 21.2 Å². The van der Waals surface area contributed by atoms with Gasteiger partial charge >= 0.3 is 5.97 Å². The van der Waals surface area contributed by atoms with Crippen LogP contribution in [-0.2, 0) is 9.47 Å². The van der Waals surface area contributed by atoms with Crippen LogP contribution in [0.3, 0.4) is 0 Å². The second-order valence-electron chi connectivity index (χ2n) is 7.60. The van der Waals surface area contributed by atoms with Crippen LogP contribution in [0.5, 0.6) is 0 Å². The molecule has 1 aliphatic rings. The Morgan fingerprint density at radius 1 is 1.05 bits per heavy atom. The number of nitrogens with zero attached hydrogens (tertiary/aromatic N) is 5. The maximum absolute atomic E-state index is 11.6. The number of nitrogens with two attached hydrogens (primary N) is 2. The number of aromatic nitrogens is 4. The highest BCUT2D eigenvalue weighted by atomic mass is 127. The molecule has 200 valence electrons. The molecule has 3 aromatic rings. The van der Waals surface area contributed by atoms with E-state index in [1.807, 2.05) is 61.0 Å². The van der Waals surface area contributed by atoms with E-state index in [9.17, 15) is 4.79 Å². The standard InChI is InChI=1S/C12H14O3.C9H8N4S.C2H8N4S.HI/c1-12(7-14-8-12)9-15-11(13)10-5-3-2-4-6-10;1-14-9-12-10-8(11-13-9)7-5-3-2-4-6-7;1-7-2(5-3)6-4;/h2-6H,7-9H2,1H3;2-6H,1H3;3-4H2,1H3,(H,5,6);1H. The Balaban J connectivity index is 0.000000292. The topological polar surface area (TPSA) is 164 Å². The fourth-order valence-electron chi connectivity index (χ4n) is 2.58. The predicted molar refractivity (Wildman–Crippen MR) is 158 cm³/mol. The number of esters is 1. The molecule has 0 radical (unpaired) electrons. The van der Waals surface area contributed by atoms with E-state index in [-0.39, 0.29) is 35.4 Å². The monoisotopic (exact) mass is 658 g/mol. The zero-order chi connectivity index (χ0) is 26.2. The number of carbonyl (C=O) groups excluding carboxylic acids is 1. The molecule has 2 aromatic carbocycles. The first-order chi connectivity index (χ1) is 17.4. The second kappa shape index (κ2) is 17.8. The number of hydrogen-bond acceptors (Lipinski definition) is 12. The number of hydrazone groups is 1. The van der Waals surface area contributed by atoms with E-state index >= 15 is 0 Å². The molecule has 1 aromatic heterocycles. The Morgan fingerprint density at radius 2 is 1.62 bits per heavy atom. The smallest absolute Gasteiger partial charge is 0.338 e. The summed E-state index contributed by atoms with van der Waals surface area (Å²) in [5.41, 5.74) is 3.84. The van der Waals surface area contributed by atoms with Crippen molar-refractivity contribution in [2.24, 2.45) is 22.2 Å². The number of thioether (sulfide) groups is 2. The maximum Gasteiger partial charge on any atom is 0.338 e. The molecule has 14 heteroatoms. The molecule has 0 saturated carbocycles.